The lowest BCUT2D eigenvalue weighted by Crippen LogP contribution is -2.19. The van der Waals surface area contributed by atoms with Crippen LogP contribution in [0.2, 0.25) is 0 Å². The number of aromatic nitrogens is 2. The van der Waals surface area contributed by atoms with E-state index in [9.17, 15) is 4.79 Å². The van der Waals surface area contributed by atoms with Gasteiger partial charge in [-0.15, -0.1) is 5.10 Å². The second-order valence-corrected chi connectivity index (χ2v) is 7.23. The molecule has 0 amide bonds. The molecule has 2 aromatic carbocycles. The van der Waals surface area contributed by atoms with Gasteiger partial charge in [0.2, 0.25) is 0 Å². The summed E-state index contributed by atoms with van der Waals surface area (Å²) in [7, 11) is 0. The maximum Gasteiger partial charge on any atom is 0.168 e. The number of carbonyl (C=O) groups excluding carboxylic acids is 1. The molecular weight excluding hydrogens is 322 g/mol. The van der Waals surface area contributed by atoms with Gasteiger partial charge in [0.1, 0.15) is 0 Å². The van der Waals surface area contributed by atoms with Crippen molar-refractivity contribution in [2.24, 2.45) is 5.92 Å². The van der Waals surface area contributed by atoms with Crippen LogP contribution in [-0.2, 0) is 6.42 Å². The Kier molecular flexibility index (Phi) is 4.11. The molecule has 3 aromatic rings. The summed E-state index contributed by atoms with van der Waals surface area (Å²) in [5.74, 6) is 1.17. The molecule has 4 nitrogen and oxygen atoms in total. The number of Topliss-reactive ketones (excluding diaryl/α,β-unsaturated/α-hetero) is 1. The van der Waals surface area contributed by atoms with E-state index in [1.807, 2.05) is 47.1 Å². The molecule has 1 aromatic heterocycles. The van der Waals surface area contributed by atoms with Crippen molar-refractivity contribution in [1.82, 2.24) is 9.78 Å². The number of ketones is 1. The average Bonchev–Trinajstić information content (AvgIpc) is 2.98. The largest absolute Gasteiger partial charge is 0.338 e. The molecule has 1 aliphatic rings. The number of hydrogen-bond acceptors (Lipinski definition) is 3. The average molecular weight is 345 g/mol. The molecule has 4 heteroatoms. The minimum atomic E-state index is 0.175. The zero-order valence-electron chi connectivity index (χ0n) is 15.4. The minimum Gasteiger partial charge on any atom is -0.338 e. The topological polar surface area (TPSA) is 46.9 Å². The smallest absolute Gasteiger partial charge is 0.168 e. The first kappa shape index (κ1) is 16.6. The molecule has 0 aliphatic heterocycles. The third-order valence-electron chi connectivity index (χ3n) is 5.19. The molecule has 0 spiro atoms. The van der Waals surface area contributed by atoms with Gasteiger partial charge in [-0.05, 0) is 55.5 Å². The molecule has 1 N–H and O–H groups in total. The highest BCUT2D eigenvalue weighted by Gasteiger charge is 2.31. The number of fused-ring (bicyclic) bond motifs is 1. The Morgan fingerprint density at radius 3 is 2.58 bits per heavy atom. The van der Waals surface area contributed by atoms with Gasteiger partial charge >= 0.3 is 0 Å². The number of nitrogens with one attached hydrogen (secondary N) is 1. The first-order chi connectivity index (χ1) is 12.5. The molecule has 0 fully saturated rings. The van der Waals surface area contributed by atoms with E-state index in [1.54, 1.807) is 0 Å². The van der Waals surface area contributed by atoms with Crippen LogP contribution < -0.4 is 5.32 Å². The Morgan fingerprint density at radius 1 is 1.04 bits per heavy atom. The van der Waals surface area contributed by atoms with Gasteiger partial charge in [0.05, 0.1) is 16.9 Å². The summed E-state index contributed by atoms with van der Waals surface area (Å²) in [4.78, 5) is 12.8. The summed E-state index contributed by atoms with van der Waals surface area (Å²) in [5, 5.41) is 8.22. The fourth-order valence-corrected chi connectivity index (χ4v) is 3.64. The van der Waals surface area contributed by atoms with Crippen LogP contribution in [0.3, 0.4) is 0 Å². The second kappa shape index (κ2) is 6.45. The molecule has 0 bridgehead atoms. The van der Waals surface area contributed by atoms with E-state index in [1.165, 1.54) is 11.1 Å². The molecule has 0 saturated carbocycles. The molecular formula is C22H23N3O. The van der Waals surface area contributed by atoms with E-state index in [2.05, 4.69) is 32.2 Å². The van der Waals surface area contributed by atoms with Crippen molar-refractivity contribution in [3.8, 4) is 5.69 Å². The van der Waals surface area contributed by atoms with E-state index in [-0.39, 0.29) is 5.78 Å². The van der Waals surface area contributed by atoms with E-state index < -0.39 is 0 Å². The zero-order valence-corrected chi connectivity index (χ0v) is 15.4. The van der Waals surface area contributed by atoms with Crippen molar-refractivity contribution in [3.63, 3.8) is 0 Å². The van der Waals surface area contributed by atoms with Crippen LogP contribution >= 0.6 is 0 Å². The van der Waals surface area contributed by atoms with Crippen molar-refractivity contribution >= 4 is 17.3 Å². The van der Waals surface area contributed by atoms with Crippen LogP contribution in [0.4, 0.5) is 11.5 Å². The van der Waals surface area contributed by atoms with Crippen LogP contribution in [0.15, 0.2) is 48.5 Å². The van der Waals surface area contributed by atoms with Gasteiger partial charge in [0, 0.05) is 12.1 Å². The van der Waals surface area contributed by atoms with E-state index in [4.69, 9.17) is 5.10 Å². The van der Waals surface area contributed by atoms with Gasteiger partial charge in [-0.1, -0.05) is 37.3 Å². The highest BCUT2D eigenvalue weighted by atomic mass is 16.1. The van der Waals surface area contributed by atoms with Crippen molar-refractivity contribution in [1.29, 1.82) is 0 Å². The number of carbonyl (C=O) groups is 1. The Morgan fingerprint density at radius 2 is 1.81 bits per heavy atom. The van der Waals surface area contributed by atoms with Gasteiger partial charge in [-0.2, -0.15) is 0 Å². The van der Waals surface area contributed by atoms with Gasteiger partial charge in [-0.25, -0.2) is 4.68 Å². The molecule has 1 atom stereocenters. The number of benzene rings is 2. The van der Waals surface area contributed by atoms with Crippen molar-refractivity contribution in [3.05, 3.63) is 70.9 Å². The van der Waals surface area contributed by atoms with Crippen LogP contribution in [0.5, 0.6) is 0 Å². The molecule has 132 valence electrons. The normalized spacial score (nSPS) is 16.4. The summed E-state index contributed by atoms with van der Waals surface area (Å²) in [6, 6.07) is 16.2. The Bertz CT molecular complexity index is 973. The lowest BCUT2D eigenvalue weighted by Gasteiger charge is -2.19. The first-order valence-corrected chi connectivity index (χ1v) is 9.08. The number of rotatable bonds is 3. The highest BCUT2D eigenvalue weighted by Crippen LogP contribution is 2.34. The number of nitrogens with zero attached hydrogens (tertiary/aromatic N) is 2. The zero-order chi connectivity index (χ0) is 18.3. The van der Waals surface area contributed by atoms with Crippen molar-refractivity contribution in [2.75, 3.05) is 5.32 Å². The summed E-state index contributed by atoms with van der Waals surface area (Å²) < 4.78 is 1.93. The first-order valence-electron chi connectivity index (χ1n) is 9.08. The van der Waals surface area contributed by atoms with E-state index >= 15 is 0 Å². The monoisotopic (exact) mass is 345 g/mol. The summed E-state index contributed by atoms with van der Waals surface area (Å²) in [6.45, 7) is 6.30. The summed E-state index contributed by atoms with van der Waals surface area (Å²) in [6.07, 6.45) is 1.44. The van der Waals surface area contributed by atoms with E-state index in [0.29, 0.717) is 18.2 Å². The number of hydrogen-bond donors (Lipinski definition) is 1. The molecule has 1 aliphatic carbocycles. The Labute approximate surface area is 153 Å². The SMILES string of the molecule is Cc1cccc(Nc2nn(-c3ccccc3)c3c2C(=O)C[C@H](C)C3)c1C. The van der Waals surface area contributed by atoms with E-state index in [0.717, 1.165) is 29.1 Å². The summed E-state index contributed by atoms with van der Waals surface area (Å²) >= 11 is 0. The standard InChI is InChI=1S/C22H23N3O/c1-14-12-19-21(20(26)13-14)22(23-18-11-7-8-15(2)16(18)3)24-25(19)17-9-5-4-6-10-17/h4-11,14H,12-13H2,1-3H3,(H,23,24)/t14-/m1/s1. The maximum absolute atomic E-state index is 12.8. The lowest BCUT2D eigenvalue weighted by molar-refractivity contribution is 0.0953. The molecule has 0 radical (unpaired) electrons. The minimum absolute atomic E-state index is 0.175. The number of anilines is 2. The molecule has 26 heavy (non-hydrogen) atoms. The van der Waals surface area contributed by atoms with Crippen LogP contribution in [0.25, 0.3) is 5.69 Å². The fourth-order valence-electron chi connectivity index (χ4n) is 3.64. The van der Waals surface area contributed by atoms with Crippen LogP contribution in [0, 0.1) is 19.8 Å². The Hall–Kier alpha value is -2.88. The summed E-state index contributed by atoms with van der Waals surface area (Å²) in [5.41, 5.74) is 6.12. The maximum atomic E-state index is 12.8. The third kappa shape index (κ3) is 2.81. The van der Waals surface area contributed by atoms with Crippen molar-refractivity contribution < 1.29 is 4.79 Å². The quantitative estimate of drug-likeness (QED) is 0.727. The number of para-hydroxylation sites is 1. The predicted octanol–water partition coefficient (Wildman–Crippen LogP) is 5.00. The molecule has 4 rings (SSSR count). The predicted molar refractivity (Wildman–Crippen MR) is 105 cm³/mol. The second-order valence-electron chi connectivity index (χ2n) is 7.23. The van der Waals surface area contributed by atoms with Gasteiger partial charge in [0.15, 0.2) is 11.6 Å². The van der Waals surface area contributed by atoms with Gasteiger partial charge < -0.3 is 5.32 Å². The van der Waals surface area contributed by atoms with Crippen molar-refractivity contribution in [2.45, 2.75) is 33.6 Å². The van der Waals surface area contributed by atoms with Gasteiger partial charge in [-0.3, -0.25) is 4.79 Å². The molecule has 0 saturated heterocycles. The van der Waals surface area contributed by atoms with Gasteiger partial charge in [0.25, 0.3) is 0 Å². The Balaban J connectivity index is 1.85. The van der Waals surface area contributed by atoms with Crippen LogP contribution in [0.1, 0.15) is 40.5 Å². The lowest BCUT2D eigenvalue weighted by atomic mass is 9.87. The number of aryl methyl sites for hydroxylation is 1. The molecule has 1 heterocycles. The highest BCUT2D eigenvalue weighted by molar-refractivity contribution is 6.03. The fraction of sp³-hybridized carbons (Fsp3) is 0.273. The van der Waals surface area contributed by atoms with Crippen LogP contribution in [-0.4, -0.2) is 15.6 Å². The third-order valence-corrected chi connectivity index (χ3v) is 5.19. The molecule has 0 unspecified atom stereocenters.